The van der Waals surface area contributed by atoms with Gasteiger partial charge >= 0.3 is 0 Å². The Morgan fingerprint density at radius 3 is 2.71 bits per heavy atom. The molecule has 0 radical (unpaired) electrons. The molecule has 190 valence electrons. The fraction of sp³-hybridized carbons (Fsp3) is 0.250. The van der Waals surface area contributed by atoms with E-state index >= 15 is 0 Å². The molecule has 3 heterocycles. The molecule has 1 amide bonds. The number of benzene rings is 2. The number of anilines is 3. The smallest absolute Gasteiger partial charge is 0.266 e. The summed E-state index contributed by atoms with van der Waals surface area (Å²) in [4.78, 5) is 22.8. The topological polar surface area (TPSA) is 52.9 Å². The first-order valence-electron chi connectivity index (χ1n) is 13.5. The quantitative estimate of drug-likeness (QED) is 0.442. The molecule has 1 N–H and O–H groups in total. The molecule has 7 rings (SSSR count). The van der Waals surface area contributed by atoms with Gasteiger partial charge in [-0.2, -0.15) is 0 Å². The normalized spacial score (nSPS) is 21.6. The monoisotopic (exact) mass is 501 g/mol. The number of guanidine groups is 1. The van der Waals surface area contributed by atoms with Gasteiger partial charge in [0, 0.05) is 25.5 Å². The highest BCUT2D eigenvalue weighted by molar-refractivity contribution is 6.22. The fourth-order valence-electron chi connectivity index (χ4n) is 6.15. The van der Waals surface area contributed by atoms with E-state index in [1.54, 1.807) is 4.90 Å². The molecule has 6 nitrogen and oxygen atoms in total. The van der Waals surface area contributed by atoms with E-state index < -0.39 is 0 Å². The third-order valence-electron chi connectivity index (χ3n) is 8.07. The third-order valence-corrected chi connectivity index (χ3v) is 8.07. The van der Waals surface area contributed by atoms with E-state index in [0.717, 1.165) is 48.0 Å². The van der Waals surface area contributed by atoms with Crippen molar-refractivity contribution in [3.63, 3.8) is 0 Å². The van der Waals surface area contributed by atoms with E-state index in [0.29, 0.717) is 12.6 Å². The van der Waals surface area contributed by atoms with Gasteiger partial charge in [0.15, 0.2) is 0 Å². The number of amides is 1. The number of fused-ring (bicyclic) bond motifs is 5. The second-order valence-electron chi connectivity index (χ2n) is 10.5. The fourth-order valence-corrected chi connectivity index (χ4v) is 6.15. The van der Waals surface area contributed by atoms with Gasteiger partial charge in [-0.1, -0.05) is 72.8 Å². The number of nitrogens with one attached hydrogen (secondary N) is 1. The maximum atomic E-state index is 13.8. The summed E-state index contributed by atoms with van der Waals surface area (Å²) in [5.74, 6) is 1.61. The molecule has 0 bridgehead atoms. The predicted octanol–water partition coefficient (Wildman–Crippen LogP) is 6.36. The highest BCUT2D eigenvalue weighted by atomic mass is 16.2. The third kappa shape index (κ3) is 3.79. The molecular formula is C32H31N5O. The summed E-state index contributed by atoms with van der Waals surface area (Å²) in [7, 11) is 1.85. The van der Waals surface area contributed by atoms with Crippen molar-refractivity contribution >= 4 is 34.6 Å². The van der Waals surface area contributed by atoms with E-state index in [4.69, 9.17) is 4.99 Å². The van der Waals surface area contributed by atoms with Crippen molar-refractivity contribution in [2.24, 2.45) is 4.99 Å². The minimum atomic E-state index is -0.0114. The second kappa shape index (κ2) is 9.21. The Labute approximate surface area is 223 Å². The van der Waals surface area contributed by atoms with Crippen LogP contribution in [0.2, 0.25) is 0 Å². The average Bonchev–Trinajstić information content (AvgIpc) is 3.55. The lowest BCUT2D eigenvalue weighted by Crippen LogP contribution is -2.51. The van der Waals surface area contributed by atoms with Crippen LogP contribution in [0.15, 0.2) is 96.2 Å². The van der Waals surface area contributed by atoms with E-state index in [-0.39, 0.29) is 11.9 Å². The molecule has 3 aromatic rings. The predicted molar refractivity (Wildman–Crippen MR) is 154 cm³/mol. The van der Waals surface area contributed by atoms with Crippen LogP contribution in [-0.2, 0) is 6.54 Å². The van der Waals surface area contributed by atoms with Crippen LogP contribution >= 0.6 is 0 Å². The molecule has 2 aromatic carbocycles. The van der Waals surface area contributed by atoms with Crippen LogP contribution in [0.25, 0.3) is 5.57 Å². The van der Waals surface area contributed by atoms with Crippen molar-refractivity contribution in [2.45, 2.75) is 44.3 Å². The Morgan fingerprint density at radius 1 is 1.03 bits per heavy atom. The SMILES string of the molecule is CN1C(=O)c2c(cn(Cc3ccc(C4=CC=CCC=C4)cc3)c2Nc2ccccc2)N2C1=N[C@@H]1CCC[C@@H]12. The first-order chi connectivity index (χ1) is 18.7. The zero-order chi connectivity index (χ0) is 25.6. The van der Waals surface area contributed by atoms with Crippen LogP contribution in [0, 0.1) is 0 Å². The molecule has 1 aromatic heterocycles. The van der Waals surface area contributed by atoms with Gasteiger partial charge in [0.05, 0.1) is 17.8 Å². The Bertz CT molecular complexity index is 1510. The van der Waals surface area contributed by atoms with Crippen molar-refractivity contribution in [3.05, 3.63) is 108 Å². The molecule has 2 aliphatic heterocycles. The van der Waals surface area contributed by atoms with Crippen LogP contribution < -0.4 is 10.2 Å². The lowest BCUT2D eigenvalue weighted by Gasteiger charge is -2.35. The molecule has 4 aliphatic rings. The van der Waals surface area contributed by atoms with Crippen LogP contribution in [0.4, 0.5) is 17.2 Å². The Morgan fingerprint density at radius 2 is 1.87 bits per heavy atom. The molecule has 6 heteroatoms. The number of aromatic nitrogens is 1. The Hall–Kier alpha value is -4.32. The van der Waals surface area contributed by atoms with Crippen LogP contribution in [0.5, 0.6) is 0 Å². The summed E-state index contributed by atoms with van der Waals surface area (Å²) in [5.41, 5.74) is 6.25. The summed E-state index contributed by atoms with van der Waals surface area (Å²) in [5, 5.41) is 3.58. The van der Waals surface area contributed by atoms with E-state index in [9.17, 15) is 4.79 Å². The zero-order valence-corrected chi connectivity index (χ0v) is 21.5. The van der Waals surface area contributed by atoms with Gasteiger partial charge in [-0.25, -0.2) is 4.99 Å². The van der Waals surface area contributed by atoms with Gasteiger partial charge in [0.1, 0.15) is 11.4 Å². The minimum Gasteiger partial charge on any atom is -0.341 e. The Balaban J connectivity index is 1.28. The number of carbonyl (C=O) groups excluding carboxylic acids is 1. The highest BCUT2D eigenvalue weighted by Gasteiger charge is 2.48. The van der Waals surface area contributed by atoms with Gasteiger partial charge in [0.25, 0.3) is 5.91 Å². The Kier molecular flexibility index (Phi) is 5.54. The highest BCUT2D eigenvalue weighted by Crippen LogP contribution is 2.44. The van der Waals surface area contributed by atoms with Gasteiger partial charge in [0.2, 0.25) is 5.96 Å². The largest absolute Gasteiger partial charge is 0.341 e. The number of allylic oxidation sites excluding steroid dienone is 6. The molecule has 1 saturated carbocycles. The molecule has 38 heavy (non-hydrogen) atoms. The molecule has 0 spiro atoms. The summed E-state index contributed by atoms with van der Waals surface area (Å²) in [6.07, 6.45) is 17.3. The standard InChI is InChI=1S/C32H31N5O/c1-35-31(38)29-28(37-27-15-9-14-26(27)34-32(35)37)21-36(30(29)33-25-12-7-4-8-13-25)20-22-16-18-24(19-17-22)23-10-5-2-3-6-11-23/h2,4-8,10-13,16-19,21,26-27,33H,3,9,14-15,20H2,1H3/t26-,27+/m1/s1. The van der Waals surface area contributed by atoms with Crippen molar-refractivity contribution in [1.29, 1.82) is 0 Å². The van der Waals surface area contributed by atoms with Gasteiger partial charge < -0.3 is 14.8 Å². The summed E-state index contributed by atoms with van der Waals surface area (Å²) in [6, 6.07) is 19.4. The lowest BCUT2D eigenvalue weighted by molar-refractivity contribution is 0.0866. The molecule has 2 atom stereocenters. The summed E-state index contributed by atoms with van der Waals surface area (Å²) >= 11 is 0. The van der Waals surface area contributed by atoms with Crippen LogP contribution in [-0.4, -0.2) is 40.5 Å². The molecule has 1 fully saturated rings. The maximum absolute atomic E-state index is 13.8. The number of nitrogens with zero attached hydrogens (tertiary/aromatic N) is 4. The number of rotatable bonds is 5. The number of para-hydroxylation sites is 1. The van der Waals surface area contributed by atoms with E-state index in [1.807, 2.05) is 37.4 Å². The van der Waals surface area contributed by atoms with Crippen molar-refractivity contribution in [2.75, 3.05) is 17.3 Å². The van der Waals surface area contributed by atoms with Gasteiger partial charge in [-0.3, -0.25) is 9.69 Å². The molecule has 0 unspecified atom stereocenters. The van der Waals surface area contributed by atoms with Crippen molar-refractivity contribution < 1.29 is 4.79 Å². The van der Waals surface area contributed by atoms with Crippen LogP contribution in [0.1, 0.15) is 47.2 Å². The van der Waals surface area contributed by atoms with E-state index in [1.165, 1.54) is 23.1 Å². The van der Waals surface area contributed by atoms with Crippen molar-refractivity contribution in [1.82, 2.24) is 9.47 Å². The summed E-state index contributed by atoms with van der Waals surface area (Å²) in [6.45, 7) is 0.655. The van der Waals surface area contributed by atoms with Crippen LogP contribution in [0.3, 0.4) is 0 Å². The number of carbonyl (C=O) groups is 1. The second-order valence-corrected chi connectivity index (χ2v) is 10.5. The maximum Gasteiger partial charge on any atom is 0.266 e. The van der Waals surface area contributed by atoms with Gasteiger partial charge in [-0.05, 0) is 54.5 Å². The number of hydrogen-bond donors (Lipinski definition) is 1. The number of aliphatic imine (C=N–C) groups is 1. The lowest BCUT2D eigenvalue weighted by atomic mass is 10.0. The minimum absolute atomic E-state index is 0.0114. The molecular weight excluding hydrogens is 470 g/mol. The number of hydrogen-bond acceptors (Lipinski definition) is 4. The average molecular weight is 502 g/mol. The van der Waals surface area contributed by atoms with Crippen molar-refractivity contribution in [3.8, 4) is 0 Å². The zero-order valence-electron chi connectivity index (χ0n) is 21.5. The molecule has 0 saturated heterocycles. The van der Waals surface area contributed by atoms with Gasteiger partial charge in [-0.15, -0.1) is 0 Å². The first kappa shape index (κ1) is 22.8. The van der Waals surface area contributed by atoms with E-state index in [2.05, 4.69) is 75.6 Å². The first-order valence-corrected chi connectivity index (χ1v) is 13.5. The summed E-state index contributed by atoms with van der Waals surface area (Å²) < 4.78 is 2.19. The molecule has 2 aliphatic carbocycles.